The molecular formula is C17H20IO4P. The molecule has 2 rings (SSSR count). The van der Waals surface area contributed by atoms with Crippen LogP contribution >= 0.6 is 30.2 Å². The van der Waals surface area contributed by atoms with Crippen LogP contribution in [0.1, 0.15) is 19.4 Å². The summed E-state index contributed by atoms with van der Waals surface area (Å²) in [4.78, 5) is 0. The molecule has 4 nitrogen and oxygen atoms in total. The summed E-state index contributed by atoms with van der Waals surface area (Å²) >= 11 is 2.17. The predicted octanol–water partition coefficient (Wildman–Crippen LogP) is 4.76. The number of benzene rings is 2. The molecule has 0 unspecified atom stereocenters. The Morgan fingerprint density at radius 3 is 2.26 bits per heavy atom. The second-order valence-electron chi connectivity index (χ2n) is 4.72. The van der Waals surface area contributed by atoms with Gasteiger partial charge in [0.15, 0.2) is 0 Å². The van der Waals surface area contributed by atoms with E-state index in [-0.39, 0.29) is 0 Å². The van der Waals surface area contributed by atoms with Gasteiger partial charge in [0.05, 0.1) is 13.2 Å². The molecule has 0 atom stereocenters. The molecule has 0 N–H and O–H groups in total. The van der Waals surface area contributed by atoms with E-state index in [1.165, 1.54) is 0 Å². The quantitative estimate of drug-likeness (QED) is 0.434. The predicted molar refractivity (Wildman–Crippen MR) is 100 cm³/mol. The van der Waals surface area contributed by atoms with Crippen LogP contribution < -0.4 is 10.0 Å². The molecule has 6 heteroatoms. The summed E-state index contributed by atoms with van der Waals surface area (Å²) in [6.07, 6.45) is 0. The molecule has 0 fully saturated rings. The van der Waals surface area contributed by atoms with Crippen molar-refractivity contribution in [1.29, 1.82) is 0 Å². The minimum absolute atomic E-state index is 0.306. The van der Waals surface area contributed by atoms with Gasteiger partial charge < -0.3 is 13.8 Å². The van der Waals surface area contributed by atoms with Crippen molar-refractivity contribution in [3.05, 3.63) is 57.7 Å². The van der Waals surface area contributed by atoms with E-state index < -0.39 is 7.60 Å². The Hall–Kier alpha value is -0.880. The summed E-state index contributed by atoms with van der Waals surface area (Å²) in [7, 11) is -3.39. The summed E-state index contributed by atoms with van der Waals surface area (Å²) in [5, 5.41) is 0.476. The zero-order chi connectivity index (χ0) is 16.7. The second kappa shape index (κ2) is 8.83. The normalized spacial score (nSPS) is 11.4. The molecule has 2 aromatic carbocycles. The van der Waals surface area contributed by atoms with Gasteiger partial charge in [0.25, 0.3) is 0 Å². The maximum Gasteiger partial charge on any atom is 0.365 e. The number of hydrogen-bond acceptors (Lipinski definition) is 4. The van der Waals surface area contributed by atoms with E-state index in [2.05, 4.69) is 22.6 Å². The fourth-order valence-electron chi connectivity index (χ4n) is 2.08. The second-order valence-corrected chi connectivity index (χ2v) is 7.96. The molecule has 0 amide bonds. The van der Waals surface area contributed by atoms with Crippen molar-refractivity contribution in [2.75, 3.05) is 13.2 Å². The molecule has 23 heavy (non-hydrogen) atoms. The van der Waals surface area contributed by atoms with Crippen LogP contribution in [-0.4, -0.2) is 13.2 Å². The SMILES string of the molecule is CCOP(=O)(OCC)c1cc(I)ccc1OCc1ccccc1. The molecule has 0 spiro atoms. The first-order valence-electron chi connectivity index (χ1n) is 7.45. The van der Waals surface area contributed by atoms with Gasteiger partial charge in [0.1, 0.15) is 17.7 Å². The monoisotopic (exact) mass is 446 g/mol. The van der Waals surface area contributed by atoms with Gasteiger partial charge in [-0.3, -0.25) is 4.57 Å². The first-order valence-corrected chi connectivity index (χ1v) is 10.1. The van der Waals surface area contributed by atoms with Crippen molar-refractivity contribution in [1.82, 2.24) is 0 Å². The number of hydrogen-bond donors (Lipinski definition) is 0. The molecule has 0 bridgehead atoms. The molecule has 0 saturated heterocycles. The largest absolute Gasteiger partial charge is 0.488 e. The van der Waals surface area contributed by atoms with Crippen molar-refractivity contribution >= 4 is 35.5 Å². The van der Waals surface area contributed by atoms with E-state index in [0.717, 1.165) is 9.13 Å². The Balaban J connectivity index is 2.31. The van der Waals surface area contributed by atoms with Gasteiger partial charge in [-0.2, -0.15) is 0 Å². The topological polar surface area (TPSA) is 44.8 Å². The van der Waals surface area contributed by atoms with Crippen LogP contribution in [0.2, 0.25) is 0 Å². The van der Waals surface area contributed by atoms with E-state index >= 15 is 0 Å². The average molecular weight is 446 g/mol. The Labute approximate surface area is 150 Å². The number of rotatable bonds is 8. The van der Waals surface area contributed by atoms with Crippen LogP contribution in [0.4, 0.5) is 0 Å². The molecule has 0 aromatic heterocycles. The molecular weight excluding hydrogens is 426 g/mol. The lowest BCUT2D eigenvalue weighted by Gasteiger charge is -2.20. The molecule has 0 aliphatic heterocycles. The summed E-state index contributed by atoms with van der Waals surface area (Å²) in [5.74, 6) is 0.527. The van der Waals surface area contributed by atoms with E-state index in [0.29, 0.717) is 30.9 Å². The Morgan fingerprint density at radius 1 is 1.00 bits per heavy atom. The molecule has 0 radical (unpaired) electrons. The maximum atomic E-state index is 13.1. The van der Waals surface area contributed by atoms with Crippen LogP contribution in [0.3, 0.4) is 0 Å². The molecule has 0 saturated carbocycles. The lowest BCUT2D eigenvalue weighted by Crippen LogP contribution is -2.15. The fourth-order valence-corrected chi connectivity index (χ4v) is 4.55. The standard InChI is InChI=1S/C17H20IO4P/c1-3-21-23(19,22-4-2)17-12-15(18)10-11-16(17)20-13-14-8-6-5-7-9-14/h5-12H,3-4,13H2,1-2H3. The lowest BCUT2D eigenvalue weighted by molar-refractivity contribution is 0.228. The molecule has 2 aromatic rings. The fraction of sp³-hybridized carbons (Fsp3) is 0.294. The number of halogens is 1. The molecule has 0 heterocycles. The van der Waals surface area contributed by atoms with Gasteiger partial charge in [-0.15, -0.1) is 0 Å². The summed E-state index contributed by atoms with van der Waals surface area (Å²) in [5.41, 5.74) is 1.04. The molecule has 0 aliphatic rings. The Bertz CT molecular complexity index is 666. The van der Waals surface area contributed by atoms with Gasteiger partial charge in [-0.1, -0.05) is 30.3 Å². The van der Waals surface area contributed by atoms with Crippen molar-refractivity contribution in [3.63, 3.8) is 0 Å². The maximum absolute atomic E-state index is 13.1. The lowest BCUT2D eigenvalue weighted by atomic mass is 10.2. The highest BCUT2D eigenvalue weighted by Crippen LogP contribution is 2.49. The van der Waals surface area contributed by atoms with Gasteiger partial charge in [0.2, 0.25) is 0 Å². The average Bonchev–Trinajstić information content (AvgIpc) is 2.55. The third-order valence-electron chi connectivity index (χ3n) is 3.05. The van der Waals surface area contributed by atoms with Crippen LogP contribution in [0.15, 0.2) is 48.5 Å². The summed E-state index contributed by atoms with van der Waals surface area (Å²) in [6, 6.07) is 15.4. The van der Waals surface area contributed by atoms with Crippen molar-refractivity contribution < 1.29 is 18.3 Å². The highest BCUT2D eigenvalue weighted by Gasteiger charge is 2.31. The van der Waals surface area contributed by atoms with Crippen molar-refractivity contribution in [2.24, 2.45) is 0 Å². The first-order chi connectivity index (χ1) is 11.1. The van der Waals surface area contributed by atoms with Crippen molar-refractivity contribution in [2.45, 2.75) is 20.5 Å². The van der Waals surface area contributed by atoms with Crippen LogP contribution in [0.25, 0.3) is 0 Å². The van der Waals surface area contributed by atoms with Gasteiger partial charge in [-0.05, 0) is 60.2 Å². The van der Waals surface area contributed by atoms with E-state index in [9.17, 15) is 4.57 Å². The van der Waals surface area contributed by atoms with E-state index in [1.807, 2.05) is 42.5 Å². The summed E-state index contributed by atoms with van der Waals surface area (Å²) in [6.45, 7) is 4.60. The minimum atomic E-state index is -3.39. The highest BCUT2D eigenvalue weighted by atomic mass is 127. The van der Waals surface area contributed by atoms with Crippen LogP contribution in [0.5, 0.6) is 5.75 Å². The van der Waals surface area contributed by atoms with Gasteiger partial charge in [0, 0.05) is 3.57 Å². The molecule has 0 aliphatic carbocycles. The zero-order valence-electron chi connectivity index (χ0n) is 13.2. The summed E-state index contributed by atoms with van der Waals surface area (Å²) < 4.78 is 30.8. The number of ether oxygens (including phenoxy) is 1. The highest BCUT2D eigenvalue weighted by molar-refractivity contribution is 14.1. The molecule has 124 valence electrons. The first kappa shape index (κ1) is 18.5. The zero-order valence-corrected chi connectivity index (χ0v) is 16.3. The van der Waals surface area contributed by atoms with Crippen LogP contribution in [0, 0.1) is 3.57 Å². The van der Waals surface area contributed by atoms with Crippen molar-refractivity contribution in [3.8, 4) is 5.75 Å². The van der Waals surface area contributed by atoms with E-state index in [4.69, 9.17) is 13.8 Å². The van der Waals surface area contributed by atoms with Gasteiger partial charge >= 0.3 is 7.60 Å². The van der Waals surface area contributed by atoms with E-state index in [1.54, 1.807) is 19.9 Å². The third kappa shape index (κ3) is 5.05. The minimum Gasteiger partial charge on any atom is -0.488 e. The Kier molecular flexibility index (Phi) is 7.09. The van der Waals surface area contributed by atoms with Gasteiger partial charge in [-0.25, -0.2) is 0 Å². The Morgan fingerprint density at radius 2 is 1.65 bits per heavy atom. The van der Waals surface area contributed by atoms with Crippen LogP contribution in [-0.2, 0) is 20.2 Å². The smallest absolute Gasteiger partial charge is 0.365 e. The third-order valence-corrected chi connectivity index (χ3v) is 5.86.